The first-order valence-corrected chi connectivity index (χ1v) is 7.04. The van der Waals surface area contributed by atoms with Crippen LogP contribution in [0.1, 0.15) is 44.5 Å². The van der Waals surface area contributed by atoms with E-state index in [9.17, 15) is 9.18 Å². The molecule has 1 aromatic rings. The molecule has 0 saturated heterocycles. The fourth-order valence-electron chi connectivity index (χ4n) is 2.13. The number of carbonyl (C=O) groups excluding carboxylic acids is 1. The molecule has 0 aliphatic heterocycles. The maximum absolute atomic E-state index is 14.2. The van der Waals surface area contributed by atoms with Crippen LogP contribution in [0.4, 0.5) is 10.2 Å². The van der Waals surface area contributed by atoms with Crippen LogP contribution in [-0.2, 0) is 0 Å². The summed E-state index contributed by atoms with van der Waals surface area (Å²) in [5.74, 6) is -0.275. The molecule has 0 aliphatic carbocycles. The second-order valence-electron chi connectivity index (χ2n) is 5.45. The van der Waals surface area contributed by atoms with E-state index >= 15 is 0 Å². The number of amides is 1. The maximum atomic E-state index is 14.2. The Morgan fingerprint density at radius 3 is 2.65 bits per heavy atom. The van der Waals surface area contributed by atoms with Gasteiger partial charge in [-0.25, -0.2) is 9.37 Å². The second kappa shape index (κ2) is 7.22. The predicted octanol–water partition coefficient (Wildman–Crippen LogP) is 3.16. The summed E-state index contributed by atoms with van der Waals surface area (Å²) >= 11 is 0. The highest BCUT2D eigenvalue weighted by molar-refractivity contribution is 5.95. The lowest BCUT2D eigenvalue weighted by atomic mass is 10.0. The van der Waals surface area contributed by atoms with Gasteiger partial charge in [0.05, 0.1) is 5.56 Å². The van der Waals surface area contributed by atoms with Crippen LogP contribution >= 0.6 is 0 Å². The van der Waals surface area contributed by atoms with Crippen molar-refractivity contribution in [3.63, 3.8) is 0 Å². The summed E-state index contributed by atoms with van der Waals surface area (Å²) < 4.78 is 14.2. The average Bonchev–Trinajstić information content (AvgIpc) is 2.39. The minimum Gasteiger partial charge on any atom is -0.368 e. The molecule has 1 rings (SSSR count). The van der Waals surface area contributed by atoms with E-state index in [1.54, 1.807) is 11.9 Å². The largest absolute Gasteiger partial charge is 0.368 e. The Kier molecular flexibility index (Phi) is 5.92. The van der Waals surface area contributed by atoms with Crippen molar-refractivity contribution in [1.29, 1.82) is 0 Å². The molecule has 1 unspecified atom stereocenters. The number of aromatic nitrogens is 1. The molecule has 20 heavy (non-hydrogen) atoms. The van der Waals surface area contributed by atoms with Crippen LogP contribution in [0.15, 0.2) is 12.3 Å². The number of hydrogen-bond donors (Lipinski definition) is 1. The lowest BCUT2D eigenvalue weighted by Gasteiger charge is -2.26. The fourth-order valence-corrected chi connectivity index (χ4v) is 2.13. The molecular weight excluding hydrogens is 257 g/mol. The molecule has 1 heterocycles. The zero-order chi connectivity index (χ0) is 15.3. The van der Waals surface area contributed by atoms with Crippen LogP contribution in [0.5, 0.6) is 0 Å². The van der Waals surface area contributed by atoms with E-state index in [1.165, 1.54) is 12.3 Å². The lowest BCUT2D eigenvalue weighted by molar-refractivity contribution is 0.0723. The molecule has 1 N–H and O–H groups in total. The van der Waals surface area contributed by atoms with Crippen molar-refractivity contribution < 1.29 is 9.18 Å². The zero-order valence-electron chi connectivity index (χ0n) is 12.9. The topological polar surface area (TPSA) is 45.2 Å². The van der Waals surface area contributed by atoms with Crippen LogP contribution in [0, 0.1) is 11.7 Å². The fraction of sp³-hybridized carbons (Fsp3) is 0.600. The number of pyridine rings is 1. The zero-order valence-corrected chi connectivity index (χ0v) is 12.9. The van der Waals surface area contributed by atoms with Gasteiger partial charge in [-0.05, 0) is 32.3 Å². The predicted molar refractivity (Wildman–Crippen MR) is 79.4 cm³/mol. The average molecular weight is 281 g/mol. The van der Waals surface area contributed by atoms with E-state index in [2.05, 4.69) is 24.1 Å². The molecule has 0 saturated carbocycles. The van der Waals surface area contributed by atoms with Crippen molar-refractivity contribution in [2.45, 2.75) is 40.2 Å². The molecule has 0 aromatic carbocycles. The Hall–Kier alpha value is -1.65. The van der Waals surface area contributed by atoms with E-state index < -0.39 is 5.82 Å². The van der Waals surface area contributed by atoms with E-state index in [0.29, 0.717) is 12.5 Å². The summed E-state index contributed by atoms with van der Waals surface area (Å²) in [7, 11) is 1.71. The second-order valence-corrected chi connectivity index (χ2v) is 5.45. The monoisotopic (exact) mass is 281 g/mol. The van der Waals surface area contributed by atoms with Crippen LogP contribution in [0.3, 0.4) is 0 Å². The number of rotatable bonds is 6. The van der Waals surface area contributed by atoms with E-state index in [-0.39, 0.29) is 23.3 Å². The standard InChI is InChI=1S/C15H24FN3O/c1-6-17-14-13(16)12(7-8-18-14)15(20)19(5)11(4)9-10(2)3/h7-8,10-11H,6,9H2,1-5H3,(H,17,18). The molecule has 0 bridgehead atoms. The van der Waals surface area contributed by atoms with E-state index in [1.807, 2.05) is 13.8 Å². The van der Waals surface area contributed by atoms with Crippen LogP contribution in [-0.4, -0.2) is 35.4 Å². The van der Waals surface area contributed by atoms with Crippen LogP contribution < -0.4 is 5.32 Å². The van der Waals surface area contributed by atoms with Gasteiger partial charge >= 0.3 is 0 Å². The Morgan fingerprint density at radius 1 is 1.45 bits per heavy atom. The van der Waals surface area contributed by atoms with Gasteiger partial charge in [0, 0.05) is 25.8 Å². The van der Waals surface area contributed by atoms with Crippen molar-refractivity contribution in [2.75, 3.05) is 18.9 Å². The SMILES string of the molecule is CCNc1nccc(C(=O)N(C)C(C)CC(C)C)c1F. The first-order chi connectivity index (χ1) is 9.38. The molecule has 0 fully saturated rings. The maximum Gasteiger partial charge on any atom is 0.257 e. The van der Waals surface area contributed by atoms with Gasteiger partial charge in [-0.15, -0.1) is 0 Å². The van der Waals surface area contributed by atoms with Gasteiger partial charge in [0.1, 0.15) is 0 Å². The third kappa shape index (κ3) is 3.92. The highest BCUT2D eigenvalue weighted by atomic mass is 19.1. The molecule has 0 aliphatic rings. The number of nitrogens with one attached hydrogen (secondary N) is 1. The Morgan fingerprint density at radius 2 is 2.10 bits per heavy atom. The Labute approximate surface area is 120 Å². The van der Waals surface area contributed by atoms with Crippen molar-refractivity contribution in [3.8, 4) is 0 Å². The van der Waals surface area contributed by atoms with Crippen molar-refractivity contribution in [2.24, 2.45) is 5.92 Å². The van der Waals surface area contributed by atoms with Gasteiger partial charge in [-0.3, -0.25) is 4.79 Å². The third-order valence-corrected chi connectivity index (χ3v) is 3.26. The Balaban J connectivity index is 2.94. The van der Waals surface area contributed by atoms with Crippen LogP contribution in [0.2, 0.25) is 0 Å². The van der Waals surface area contributed by atoms with E-state index in [4.69, 9.17) is 0 Å². The molecule has 5 heteroatoms. The number of hydrogen-bond acceptors (Lipinski definition) is 3. The highest BCUT2D eigenvalue weighted by Gasteiger charge is 2.22. The minimum atomic E-state index is -0.581. The Bertz CT molecular complexity index is 462. The normalized spacial score (nSPS) is 12.3. The van der Waals surface area contributed by atoms with Crippen molar-refractivity contribution in [1.82, 2.24) is 9.88 Å². The van der Waals surface area contributed by atoms with Gasteiger partial charge in [0.2, 0.25) is 0 Å². The van der Waals surface area contributed by atoms with Crippen molar-refractivity contribution >= 4 is 11.7 Å². The molecular formula is C15H24FN3O. The van der Waals surface area contributed by atoms with Gasteiger partial charge in [0.25, 0.3) is 5.91 Å². The number of carbonyl (C=O) groups is 1. The molecule has 1 atom stereocenters. The molecule has 112 valence electrons. The number of halogens is 1. The molecule has 4 nitrogen and oxygen atoms in total. The van der Waals surface area contributed by atoms with Gasteiger partial charge in [0.15, 0.2) is 11.6 Å². The first kappa shape index (κ1) is 16.4. The lowest BCUT2D eigenvalue weighted by Crippen LogP contribution is -2.36. The minimum absolute atomic E-state index is 0.0639. The number of nitrogens with zero attached hydrogens (tertiary/aromatic N) is 2. The number of anilines is 1. The molecule has 0 radical (unpaired) electrons. The first-order valence-electron chi connectivity index (χ1n) is 7.04. The van der Waals surface area contributed by atoms with Gasteiger partial charge in [-0.2, -0.15) is 0 Å². The molecule has 1 aromatic heterocycles. The summed E-state index contributed by atoms with van der Waals surface area (Å²) in [6, 6.07) is 1.49. The smallest absolute Gasteiger partial charge is 0.257 e. The van der Waals surface area contributed by atoms with Gasteiger partial charge in [-0.1, -0.05) is 13.8 Å². The summed E-state index contributed by atoms with van der Waals surface area (Å²) in [5.41, 5.74) is 0.0639. The quantitative estimate of drug-likeness (QED) is 0.871. The third-order valence-electron chi connectivity index (χ3n) is 3.26. The van der Waals surface area contributed by atoms with E-state index in [0.717, 1.165) is 6.42 Å². The summed E-state index contributed by atoms with van der Waals surface area (Å²) in [6.07, 6.45) is 2.34. The molecule has 1 amide bonds. The summed E-state index contributed by atoms with van der Waals surface area (Å²) in [5, 5.41) is 2.81. The summed E-state index contributed by atoms with van der Waals surface area (Å²) in [4.78, 5) is 17.9. The van der Waals surface area contributed by atoms with Gasteiger partial charge < -0.3 is 10.2 Å². The van der Waals surface area contributed by atoms with Crippen molar-refractivity contribution in [3.05, 3.63) is 23.6 Å². The molecule has 0 spiro atoms. The van der Waals surface area contributed by atoms with Crippen LogP contribution in [0.25, 0.3) is 0 Å². The summed E-state index contributed by atoms with van der Waals surface area (Å²) in [6.45, 7) is 8.59. The highest BCUT2D eigenvalue weighted by Crippen LogP contribution is 2.18.